The van der Waals surface area contributed by atoms with Crippen LogP contribution in [0.3, 0.4) is 0 Å². The molecule has 0 unspecified atom stereocenters. The summed E-state index contributed by atoms with van der Waals surface area (Å²) < 4.78 is 17.1. The molecule has 8 heteroatoms. The van der Waals surface area contributed by atoms with Crippen LogP contribution in [0.2, 0.25) is 0 Å². The zero-order valence-corrected chi connectivity index (χ0v) is 14.5. The van der Waals surface area contributed by atoms with Crippen LogP contribution >= 0.6 is 0 Å². The van der Waals surface area contributed by atoms with Gasteiger partial charge in [-0.3, -0.25) is 9.88 Å². The molecular formula is C16H27FN4O3. The van der Waals surface area contributed by atoms with Crippen molar-refractivity contribution in [3.05, 3.63) is 52.5 Å². The molecule has 1 aliphatic heterocycles. The van der Waals surface area contributed by atoms with E-state index in [1.807, 2.05) is 13.8 Å². The van der Waals surface area contributed by atoms with Crippen LogP contribution in [0, 0.1) is 5.82 Å². The van der Waals surface area contributed by atoms with E-state index >= 15 is 0 Å². The van der Waals surface area contributed by atoms with E-state index in [4.69, 9.17) is 9.84 Å². The summed E-state index contributed by atoms with van der Waals surface area (Å²) in [5, 5.41) is 13.2. The Hall–Kier alpha value is -2.03. The minimum absolute atomic E-state index is 0.178. The van der Waals surface area contributed by atoms with Gasteiger partial charge in [0.25, 0.3) is 0 Å². The summed E-state index contributed by atoms with van der Waals surface area (Å²) in [6.45, 7) is 8.00. The highest BCUT2D eigenvalue weighted by atomic mass is 19.1. The zero-order valence-electron chi connectivity index (χ0n) is 14.5. The zero-order chi connectivity index (χ0) is 18.2. The lowest BCUT2D eigenvalue weighted by Crippen LogP contribution is -2.36. The molecule has 24 heavy (non-hydrogen) atoms. The predicted molar refractivity (Wildman–Crippen MR) is 91.2 cm³/mol. The van der Waals surface area contributed by atoms with Crippen molar-refractivity contribution in [2.24, 2.45) is 0 Å². The molecule has 0 atom stereocenters. The van der Waals surface area contributed by atoms with Gasteiger partial charge in [-0.2, -0.15) is 5.10 Å². The van der Waals surface area contributed by atoms with Gasteiger partial charge in [-0.05, 0) is 12.1 Å². The van der Waals surface area contributed by atoms with E-state index in [2.05, 4.69) is 20.1 Å². The first-order valence-electron chi connectivity index (χ1n) is 7.83. The van der Waals surface area contributed by atoms with E-state index in [0.717, 1.165) is 33.4 Å². The van der Waals surface area contributed by atoms with Crippen LogP contribution in [0.25, 0.3) is 0 Å². The Labute approximate surface area is 141 Å². The molecule has 0 radical (unpaired) electrons. The Morgan fingerprint density at radius 3 is 2.21 bits per heavy atom. The average molecular weight is 342 g/mol. The highest BCUT2D eigenvalue weighted by Crippen LogP contribution is 2.00. The van der Waals surface area contributed by atoms with Gasteiger partial charge in [0, 0.05) is 20.2 Å². The van der Waals surface area contributed by atoms with Gasteiger partial charge in [0.2, 0.25) is 0 Å². The molecule has 0 aliphatic carbocycles. The number of hydrogen-bond donors (Lipinski definition) is 3. The van der Waals surface area contributed by atoms with E-state index in [1.165, 1.54) is 12.1 Å². The SMILES string of the molecule is CC.CO.Fc1ccccc1.O=c1[nH]nc(CN2CCOCC2)[nH]1. The van der Waals surface area contributed by atoms with Gasteiger partial charge in [-0.25, -0.2) is 14.3 Å². The number of aliphatic hydroxyl groups excluding tert-OH is 1. The highest BCUT2D eigenvalue weighted by molar-refractivity contribution is 5.02. The number of halogens is 1. The fourth-order valence-electron chi connectivity index (χ4n) is 1.77. The van der Waals surface area contributed by atoms with Crippen molar-refractivity contribution in [1.82, 2.24) is 20.1 Å². The van der Waals surface area contributed by atoms with Crippen LogP contribution in [-0.4, -0.2) is 58.6 Å². The number of benzene rings is 1. The fourth-order valence-corrected chi connectivity index (χ4v) is 1.77. The van der Waals surface area contributed by atoms with Gasteiger partial charge in [0.1, 0.15) is 11.6 Å². The van der Waals surface area contributed by atoms with Gasteiger partial charge in [-0.1, -0.05) is 32.0 Å². The van der Waals surface area contributed by atoms with E-state index in [9.17, 15) is 9.18 Å². The van der Waals surface area contributed by atoms with Gasteiger partial charge < -0.3 is 9.84 Å². The van der Waals surface area contributed by atoms with Crippen LogP contribution in [0.4, 0.5) is 4.39 Å². The molecule has 0 amide bonds. The minimum atomic E-state index is -0.247. The van der Waals surface area contributed by atoms with Crippen LogP contribution in [0.15, 0.2) is 35.1 Å². The maximum Gasteiger partial charge on any atom is 0.340 e. The summed E-state index contributed by atoms with van der Waals surface area (Å²) in [5.74, 6) is 0.509. The third-order valence-corrected chi connectivity index (χ3v) is 2.76. The first-order valence-corrected chi connectivity index (χ1v) is 7.83. The Morgan fingerprint density at radius 1 is 1.21 bits per heavy atom. The number of morpholine rings is 1. The van der Waals surface area contributed by atoms with Crippen LogP contribution in [0.5, 0.6) is 0 Å². The lowest BCUT2D eigenvalue weighted by atomic mass is 10.4. The number of hydrogen-bond acceptors (Lipinski definition) is 5. The first kappa shape index (κ1) is 22.0. The summed E-state index contributed by atoms with van der Waals surface area (Å²) in [5.41, 5.74) is -0.247. The lowest BCUT2D eigenvalue weighted by molar-refractivity contribution is 0.0331. The van der Waals surface area contributed by atoms with Crippen molar-refractivity contribution in [2.75, 3.05) is 33.4 Å². The van der Waals surface area contributed by atoms with Crippen molar-refractivity contribution < 1.29 is 14.2 Å². The van der Waals surface area contributed by atoms with Crippen molar-refractivity contribution >= 4 is 0 Å². The van der Waals surface area contributed by atoms with E-state index in [1.54, 1.807) is 18.2 Å². The second-order valence-electron chi connectivity index (χ2n) is 4.31. The fraction of sp³-hybridized carbons (Fsp3) is 0.500. The molecular weight excluding hydrogens is 315 g/mol. The number of aliphatic hydroxyl groups is 1. The van der Waals surface area contributed by atoms with Crippen LogP contribution < -0.4 is 5.69 Å². The summed E-state index contributed by atoms with van der Waals surface area (Å²) in [4.78, 5) is 15.5. The smallest absolute Gasteiger partial charge is 0.340 e. The van der Waals surface area contributed by atoms with Crippen LogP contribution in [-0.2, 0) is 11.3 Å². The standard InChI is InChI=1S/C7H12N4O2.C6H5F.C2H6.CH4O/c12-7-8-6(9-10-7)5-11-1-3-13-4-2-11;7-6-4-2-1-3-5-6;2*1-2/h1-5H2,(H2,8,9,10,12);1-5H;1-2H3;2H,1H3. The molecule has 0 bridgehead atoms. The quantitative estimate of drug-likeness (QED) is 0.767. The van der Waals surface area contributed by atoms with Gasteiger partial charge in [0.05, 0.1) is 19.8 Å². The number of H-pyrrole nitrogens is 2. The topological polar surface area (TPSA) is 94.2 Å². The third kappa shape index (κ3) is 9.88. The molecule has 2 aromatic rings. The molecule has 1 aliphatic rings. The highest BCUT2D eigenvalue weighted by Gasteiger charge is 2.11. The Kier molecular flexibility index (Phi) is 13.3. The van der Waals surface area contributed by atoms with Crippen LogP contribution in [0.1, 0.15) is 19.7 Å². The second kappa shape index (κ2) is 14.6. The van der Waals surface area contributed by atoms with Gasteiger partial charge in [0.15, 0.2) is 0 Å². The largest absolute Gasteiger partial charge is 0.400 e. The molecule has 1 saturated heterocycles. The van der Waals surface area contributed by atoms with E-state index in [0.29, 0.717) is 12.4 Å². The van der Waals surface area contributed by atoms with Gasteiger partial charge in [-0.15, -0.1) is 0 Å². The number of nitrogens with one attached hydrogen (secondary N) is 2. The molecule has 136 valence electrons. The van der Waals surface area contributed by atoms with Crippen molar-refractivity contribution in [1.29, 1.82) is 0 Å². The summed E-state index contributed by atoms with van der Waals surface area (Å²) >= 11 is 0. The predicted octanol–water partition coefficient (Wildman–Crippen LogP) is 1.39. The molecule has 3 rings (SSSR count). The number of ether oxygens (including phenoxy) is 1. The Bertz CT molecular complexity index is 554. The number of aromatic amines is 2. The molecule has 7 nitrogen and oxygen atoms in total. The maximum absolute atomic E-state index is 11.9. The van der Waals surface area contributed by atoms with Crippen molar-refractivity contribution in [2.45, 2.75) is 20.4 Å². The first-order chi connectivity index (χ1) is 11.7. The monoisotopic (exact) mass is 342 g/mol. The summed E-state index contributed by atoms with van der Waals surface area (Å²) in [6.07, 6.45) is 0. The molecule has 3 N–H and O–H groups in total. The minimum Gasteiger partial charge on any atom is -0.400 e. The third-order valence-electron chi connectivity index (χ3n) is 2.76. The summed E-state index contributed by atoms with van der Waals surface area (Å²) in [6, 6.07) is 7.94. The summed E-state index contributed by atoms with van der Waals surface area (Å²) in [7, 11) is 1.00. The number of rotatable bonds is 2. The average Bonchev–Trinajstić information content (AvgIpc) is 3.05. The van der Waals surface area contributed by atoms with E-state index in [-0.39, 0.29) is 11.5 Å². The molecule has 1 aromatic carbocycles. The molecule has 1 aromatic heterocycles. The number of nitrogens with zero attached hydrogens (tertiary/aromatic N) is 2. The Balaban J connectivity index is 0.000000408. The van der Waals surface area contributed by atoms with Crippen molar-refractivity contribution in [3.8, 4) is 0 Å². The maximum atomic E-state index is 11.9. The molecule has 1 fully saturated rings. The number of aromatic nitrogens is 3. The van der Waals surface area contributed by atoms with E-state index < -0.39 is 0 Å². The lowest BCUT2D eigenvalue weighted by Gasteiger charge is -2.25. The van der Waals surface area contributed by atoms with Crippen molar-refractivity contribution in [3.63, 3.8) is 0 Å². The van der Waals surface area contributed by atoms with Gasteiger partial charge >= 0.3 is 5.69 Å². The molecule has 0 spiro atoms. The normalized spacial score (nSPS) is 13.4. The Morgan fingerprint density at radius 2 is 1.79 bits per heavy atom. The second-order valence-corrected chi connectivity index (χ2v) is 4.31. The molecule has 2 heterocycles. The molecule has 0 saturated carbocycles.